The first-order chi connectivity index (χ1) is 10.9. The fraction of sp³-hybridized carbons (Fsp3) is 0.167. The number of benzene rings is 2. The van der Waals surface area contributed by atoms with E-state index >= 15 is 0 Å². The molecule has 0 radical (unpaired) electrons. The van der Waals surface area contributed by atoms with Crippen molar-refractivity contribution in [1.29, 1.82) is 0 Å². The van der Waals surface area contributed by atoms with Gasteiger partial charge in [-0.15, -0.1) is 5.10 Å². The Balaban J connectivity index is 1.60. The molecule has 0 N–H and O–H groups in total. The molecule has 0 spiro atoms. The van der Waals surface area contributed by atoms with Crippen LogP contribution in [0.3, 0.4) is 0 Å². The molecule has 0 saturated carbocycles. The van der Waals surface area contributed by atoms with E-state index in [1.807, 2.05) is 53.5 Å². The van der Waals surface area contributed by atoms with Crippen molar-refractivity contribution in [2.75, 3.05) is 0 Å². The van der Waals surface area contributed by atoms with E-state index in [1.54, 1.807) is 6.26 Å². The third-order valence-electron chi connectivity index (χ3n) is 4.50. The fourth-order valence-electron chi connectivity index (χ4n) is 3.45. The lowest BCUT2D eigenvalue weighted by Gasteiger charge is -2.52. The maximum absolute atomic E-state index is 6.38. The summed E-state index contributed by atoms with van der Waals surface area (Å²) in [6.07, 6.45) is 3.75. The molecular formula is C18H14N2O2. The number of hydrogen-bond acceptors (Lipinski definition) is 4. The first kappa shape index (κ1) is 11.9. The molecule has 4 nitrogen and oxygen atoms in total. The third kappa shape index (κ3) is 1.34. The topological polar surface area (TPSA) is 34.1 Å². The van der Waals surface area contributed by atoms with E-state index in [4.69, 9.17) is 9.47 Å². The SMILES string of the molecule is C1=C[C@@H]2[C@H](O1)N1N=C(c3ccccc3)O[C@]21c1ccccc1. The average Bonchev–Trinajstić information content (AvgIpc) is 3.15. The summed E-state index contributed by atoms with van der Waals surface area (Å²) in [5, 5.41) is 6.62. The first-order valence-corrected chi connectivity index (χ1v) is 7.40. The molecule has 3 atom stereocenters. The number of fused-ring (bicyclic) bond motifs is 4. The van der Waals surface area contributed by atoms with Crippen LogP contribution in [0.4, 0.5) is 0 Å². The van der Waals surface area contributed by atoms with Crippen molar-refractivity contribution in [1.82, 2.24) is 5.01 Å². The summed E-state index contributed by atoms with van der Waals surface area (Å²) in [5.41, 5.74) is 1.50. The van der Waals surface area contributed by atoms with Crippen molar-refractivity contribution in [3.05, 3.63) is 84.1 Å². The highest BCUT2D eigenvalue weighted by atomic mass is 16.6. The molecule has 4 heteroatoms. The van der Waals surface area contributed by atoms with E-state index in [-0.39, 0.29) is 12.1 Å². The summed E-state index contributed by atoms with van der Waals surface area (Å²) in [5.74, 6) is 0.802. The number of hydrogen-bond donors (Lipinski definition) is 0. The number of hydrazone groups is 1. The van der Waals surface area contributed by atoms with Crippen LogP contribution in [0.1, 0.15) is 11.1 Å². The quantitative estimate of drug-likeness (QED) is 0.852. The van der Waals surface area contributed by atoms with Crippen molar-refractivity contribution in [3.63, 3.8) is 0 Å². The molecule has 0 bridgehead atoms. The Morgan fingerprint density at radius 3 is 2.45 bits per heavy atom. The predicted molar refractivity (Wildman–Crippen MR) is 81.5 cm³/mol. The van der Waals surface area contributed by atoms with Gasteiger partial charge in [-0.25, -0.2) is 5.01 Å². The number of rotatable bonds is 2. The van der Waals surface area contributed by atoms with Crippen LogP contribution in [0, 0.1) is 5.92 Å². The zero-order chi connectivity index (χ0) is 14.6. The highest BCUT2D eigenvalue weighted by Crippen LogP contribution is 2.57. The second-order valence-corrected chi connectivity index (χ2v) is 5.66. The van der Waals surface area contributed by atoms with Crippen LogP contribution in [-0.4, -0.2) is 17.1 Å². The summed E-state index contributed by atoms with van der Waals surface area (Å²) < 4.78 is 12.0. The zero-order valence-corrected chi connectivity index (χ0v) is 11.8. The highest BCUT2D eigenvalue weighted by molar-refractivity contribution is 5.95. The summed E-state index contributed by atoms with van der Waals surface area (Å²) in [6.45, 7) is 0. The minimum Gasteiger partial charge on any atom is -0.476 e. The monoisotopic (exact) mass is 290 g/mol. The lowest BCUT2D eigenvalue weighted by Crippen LogP contribution is -2.66. The Morgan fingerprint density at radius 2 is 1.68 bits per heavy atom. The molecule has 5 rings (SSSR count). The van der Waals surface area contributed by atoms with Crippen molar-refractivity contribution >= 4 is 5.90 Å². The van der Waals surface area contributed by atoms with Gasteiger partial charge >= 0.3 is 0 Å². The molecular weight excluding hydrogens is 276 g/mol. The first-order valence-electron chi connectivity index (χ1n) is 7.40. The molecule has 2 aromatic carbocycles. The minimum absolute atomic E-state index is 0.0681. The molecule has 108 valence electrons. The third-order valence-corrected chi connectivity index (χ3v) is 4.50. The summed E-state index contributed by atoms with van der Waals surface area (Å²) in [7, 11) is 0. The molecule has 3 heterocycles. The predicted octanol–water partition coefficient (Wildman–Crippen LogP) is 3.03. The Hall–Kier alpha value is -2.75. The molecule has 0 amide bonds. The highest BCUT2D eigenvalue weighted by Gasteiger charge is 2.69. The van der Waals surface area contributed by atoms with Gasteiger partial charge in [0.05, 0.1) is 6.26 Å². The van der Waals surface area contributed by atoms with E-state index in [0.29, 0.717) is 5.90 Å². The molecule has 1 saturated heterocycles. The normalized spacial score (nSPS) is 30.7. The summed E-state index contributed by atoms with van der Waals surface area (Å²) in [6, 6.07) is 20.2. The smallest absolute Gasteiger partial charge is 0.241 e. The summed E-state index contributed by atoms with van der Waals surface area (Å²) in [4.78, 5) is 0. The maximum atomic E-state index is 6.38. The lowest BCUT2D eigenvalue weighted by molar-refractivity contribution is -0.281. The average molecular weight is 290 g/mol. The summed E-state index contributed by atoms with van der Waals surface area (Å²) >= 11 is 0. The van der Waals surface area contributed by atoms with Gasteiger partial charge in [-0.2, -0.15) is 0 Å². The van der Waals surface area contributed by atoms with E-state index in [0.717, 1.165) is 11.1 Å². The largest absolute Gasteiger partial charge is 0.476 e. The Bertz CT molecular complexity index is 772. The second kappa shape index (κ2) is 4.13. The fourth-order valence-corrected chi connectivity index (χ4v) is 3.45. The molecule has 0 unspecified atom stereocenters. The molecule has 2 aromatic rings. The van der Waals surface area contributed by atoms with Gasteiger partial charge in [0.1, 0.15) is 5.92 Å². The molecule has 3 aliphatic heterocycles. The van der Waals surface area contributed by atoms with E-state index in [2.05, 4.69) is 23.3 Å². The van der Waals surface area contributed by atoms with Gasteiger partial charge in [0.25, 0.3) is 0 Å². The van der Waals surface area contributed by atoms with Crippen LogP contribution in [0.25, 0.3) is 0 Å². The van der Waals surface area contributed by atoms with E-state index in [9.17, 15) is 0 Å². The molecule has 0 aromatic heterocycles. The van der Waals surface area contributed by atoms with Crippen LogP contribution in [-0.2, 0) is 15.2 Å². The molecule has 0 aliphatic carbocycles. The van der Waals surface area contributed by atoms with Crippen molar-refractivity contribution in [2.24, 2.45) is 11.0 Å². The van der Waals surface area contributed by atoms with Gasteiger partial charge in [-0.3, -0.25) is 0 Å². The van der Waals surface area contributed by atoms with Crippen molar-refractivity contribution in [3.8, 4) is 0 Å². The molecule has 3 aliphatic rings. The van der Waals surface area contributed by atoms with Crippen LogP contribution in [0.2, 0.25) is 0 Å². The van der Waals surface area contributed by atoms with Gasteiger partial charge in [0.2, 0.25) is 17.9 Å². The number of nitrogens with zero attached hydrogens (tertiary/aromatic N) is 2. The van der Waals surface area contributed by atoms with Crippen LogP contribution >= 0.6 is 0 Å². The Labute approximate surface area is 128 Å². The molecule has 1 fully saturated rings. The van der Waals surface area contributed by atoms with Crippen molar-refractivity contribution in [2.45, 2.75) is 12.0 Å². The van der Waals surface area contributed by atoms with Crippen LogP contribution in [0.5, 0.6) is 0 Å². The van der Waals surface area contributed by atoms with Crippen molar-refractivity contribution < 1.29 is 9.47 Å². The lowest BCUT2D eigenvalue weighted by atomic mass is 9.79. The van der Waals surface area contributed by atoms with Gasteiger partial charge in [-0.05, 0) is 18.2 Å². The standard InChI is InChI=1S/C18H14N2O2/c1-3-7-13(8-4-1)16-19-20-17-15(11-12-21-17)18(20,22-16)14-9-5-2-6-10-14/h1-12,15,17H/t15-,17+,18-/m1/s1. The van der Waals surface area contributed by atoms with Crippen LogP contribution < -0.4 is 0 Å². The van der Waals surface area contributed by atoms with Gasteiger partial charge in [0.15, 0.2) is 0 Å². The van der Waals surface area contributed by atoms with Gasteiger partial charge in [-0.1, -0.05) is 48.5 Å². The maximum Gasteiger partial charge on any atom is 0.241 e. The number of ether oxygens (including phenoxy) is 2. The van der Waals surface area contributed by atoms with E-state index in [1.165, 1.54) is 0 Å². The van der Waals surface area contributed by atoms with Crippen LogP contribution in [0.15, 0.2) is 78.1 Å². The second-order valence-electron chi connectivity index (χ2n) is 5.66. The van der Waals surface area contributed by atoms with Gasteiger partial charge < -0.3 is 9.47 Å². The molecule has 22 heavy (non-hydrogen) atoms. The minimum atomic E-state index is -0.579. The Kier molecular flexibility index (Phi) is 2.23. The van der Waals surface area contributed by atoms with Gasteiger partial charge in [0, 0.05) is 11.1 Å². The van der Waals surface area contributed by atoms with E-state index < -0.39 is 5.72 Å². The Morgan fingerprint density at radius 1 is 0.955 bits per heavy atom. The zero-order valence-electron chi connectivity index (χ0n) is 11.8.